The van der Waals surface area contributed by atoms with Gasteiger partial charge in [-0.05, 0) is 12.5 Å². The average molecular weight is 281 g/mol. The Hall–Kier alpha value is -1.01. The number of carbonyl (C=O) groups is 1. The zero-order valence-corrected chi connectivity index (χ0v) is 12.0. The number of aldehydes is 1. The highest BCUT2D eigenvalue weighted by Crippen LogP contribution is 2.16. The number of carbonyl (C=O) groups excluding carboxylic acids is 1. The summed E-state index contributed by atoms with van der Waals surface area (Å²) < 4.78 is 16.5. The van der Waals surface area contributed by atoms with Gasteiger partial charge >= 0.3 is 0 Å². The van der Waals surface area contributed by atoms with Crippen LogP contribution in [0.5, 0.6) is 0 Å². The lowest BCUT2D eigenvalue weighted by Gasteiger charge is -2.27. The van der Waals surface area contributed by atoms with Crippen molar-refractivity contribution in [3.05, 3.63) is 23.8 Å². The molecule has 2 aliphatic rings. The van der Waals surface area contributed by atoms with Gasteiger partial charge in [-0.2, -0.15) is 0 Å². The predicted molar refractivity (Wildman–Crippen MR) is 75.7 cm³/mol. The van der Waals surface area contributed by atoms with Crippen LogP contribution < -0.4 is 0 Å². The van der Waals surface area contributed by atoms with Gasteiger partial charge in [-0.15, -0.1) is 0 Å². The highest BCUT2D eigenvalue weighted by molar-refractivity contribution is 5.78. The molecule has 1 fully saturated rings. The number of hydrogen-bond acceptors (Lipinski definition) is 5. The van der Waals surface area contributed by atoms with Gasteiger partial charge in [0.2, 0.25) is 0 Å². The number of rotatable bonds is 7. The second-order valence-electron chi connectivity index (χ2n) is 4.99. The Morgan fingerprint density at radius 2 is 2.20 bits per heavy atom. The normalized spacial score (nSPS) is 27.4. The molecule has 0 aromatic heterocycles. The average Bonchev–Trinajstić information content (AvgIpc) is 2.52. The first-order valence-corrected chi connectivity index (χ1v) is 7.13. The largest absolute Gasteiger partial charge is 0.379 e. The molecule has 1 aliphatic carbocycles. The van der Waals surface area contributed by atoms with Crippen LogP contribution in [0.3, 0.4) is 0 Å². The quantitative estimate of drug-likeness (QED) is 0.510. The SMILES string of the molecule is COC1C=CC(C=O)=CC1OCCCN1CCOCC1. The molecule has 0 radical (unpaired) electrons. The van der Waals surface area contributed by atoms with Gasteiger partial charge in [0.25, 0.3) is 0 Å². The molecular formula is C15H23NO4. The van der Waals surface area contributed by atoms with E-state index in [9.17, 15) is 4.79 Å². The Bertz CT molecular complexity index is 361. The maximum atomic E-state index is 10.8. The zero-order chi connectivity index (χ0) is 14.2. The number of hydrogen-bond donors (Lipinski definition) is 0. The molecule has 2 rings (SSSR count). The van der Waals surface area contributed by atoms with Crippen molar-refractivity contribution in [2.45, 2.75) is 18.6 Å². The molecule has 20 heavy (non-hydrogen) atoms. The molecule has 0 saturated carbocycles. The van der Waals surface area contributed by atoms with Crippen LogP contribution in [-0.2, 0) is 19.0 Å². The van der Waals surface area contributed by atoms with E-state index in [4.69, 9.17) is 14.2 Å². The van der Waals surface area contributed by atoms with E-state index < -0.39 is 0 Å². The molecule has 2 atom stereocenters. The number of ether oxygens (including phenoxy) is 3. The monoisotopic (exact) mass is 281 g/mol. The first kappa shape index (κ1) is 15.4. The lowest BCUT2D eigenvalue weighted by atomic mass is 10.0. The number of morpholine rings is 1. The molecule has 1 heterocycles. The van der Waals surface area contributed by atoms with Crippen molar-refractivity contribution >= 4 is 6.29 Å². The van der Waals surface area contributed by atoms with E-state index in [0.717, 1.165) is 45.6 Å². The summed E-state index contributed by atoms with van der Waals surface area (Å²) in [7, 11) is 1.65. The Labute approximate surface area is 120 Å². The fourth-order valence-corrected chi connectivity index (χ4v) is 2.42. The van der Waals surface area contributed by atoms with Crippen LogP contribution in [0.4, 0.5) is 0 Å². The highest BCUT2D eigenvalue weighted by atomic mass is 16.5. The second kappa shape index (κ2) is 8.32. The molecular weight excluding hydrogens is 258 g/mol. The van der Waals surface area contributed by atoms with Crippen LogP contribution in [0, 0.1) is 0 Å². The minimum Gasteiger partial charge on any atom is -0.379 e. The first-order chi connectivity index (χ1) is 9.83. The topological polar surface area (TPSA) is 48.0 Å². The fraction of sp³-hybridized carbons (Fsp3) is 0.667. The summed E-state index contributed by atoms with van der Waals surface area (Å²) >= 11 is 0. The molecule has 2 unspecified atom stereocenters. The van der Waals surface area contributed by atoms with Crippen molar-refractivity contribution in [2.75, 3.05) is 46.6 Å². The molecule has 0 N–H and O–H groups in total. The molecule has 0 spiro atoms. The Kier molecular flexibility index (Phi) is 6.39. The van der Waals surface area contributed by atoms with E-state index in [1.807, 2.05) is 12.2 Å². The summed E-state index contributed by atoms with van der Waals surface area (Å²) in [5, 5.41) is 0. The van der Waals surface area contributed by atoms with Gasteiger partial charge in [-0.1, -0.05) is 12.2 Å². The van der Waals surface area contributed by atoms with E-state index in [0.29, 0.717) is 12.2 Å². The number of allylic oxidation sites excluding steroid dienone is 2. The molecule has 5 heteroatoms. The van der Waals surface area contributed by atoms with Gasteiger partial charge in [0.05, 0.1) is 13.2 Å². The van der Waals surface area contributed by atoms with Gasteiger partial charge in [0, 0.05) is 38.9 Å². The summed E-state index contributed by atoms with van der Waals surface area (Å²) in [6.45, 7) is 5.34. The van der Waals surface area contributed by atoms with Crippen LogP contribution in [0.15, 0.2) is 23.8 Å². The maximum Gasteiger partial charge on any atom is 0.149 e. The molecule has 0 bridgehead atoms. The summed E-state index contributed by atoms with van der Waals surface area (Å²) in [4.78, 5) is 13.2. The van der Waals surface area contributed by atoms with E-state index in [1.54, 1.807) is 13.2 Å². The van der Waals surface area contributed by atoms with E-state index >= 15 is 0 Å². The van der Waals surface area contributed by atoms with Gasteiger partial charge < -0.3 is 14.2 Å². The smallest absolute Gasteiger partial charge is 0.149 e. The van der Waals surface area contributed by atoms with Crippen molar-refractivity contribution in [1.29, 1.82) is 0 Å². The second-order valence-corrected chi connectivity index (χ2v) is 4.99. The zero-order valence-electron chi connectivity index (χ0n) is 12.0. The van der Waals surface area contributed by atoms with Gasteiger partial charge in [0.1, 0.15) is 18.5 Å². The van der Waals surface area contributed by atoms with Crippen molar-refractivity contribution in [2.24, 2.45) is 0 Å². The van der Waals surface area contributed by atoms with Gasteiger partial charge in [-0.25, -0.2) is 0 Å². The lowest BCUT2D eigenvalue weighted by Crippen LogP contribution is -2.37. The van der Waals surface area contributed by atoms with Crippen molar-refractivity contribution in [1.82, 2.24) is 4.90 Å². The molecule has 1 saturated heterocycles. The van der Waals surface area contributed by atoms with Crippen molar-refractivity contribution < 1.29 is 19.0 Å². The molecule has 0 aromatic carbocycles. The number of nitrogens with zero attached hydrogens (tertiary/aromatic N) is 1. The molecule has 1 aliphatic heterocycles. The molecule has 112 valence electrons. The van der Waals surface area contributed by atoms with E-state index in [1.165, 1.54) is 0 Å². The van der Waals surface area contributed by atoms with E-state index in [-0.39, 0.29) is 12.2 Å². The third-order valence-corrected chi connectivity index (χ3v) is 3.60. The third kappa shape index (κ3) is 4.52. The Balaban J connectivity index is 1.70. The van der Waals surface area contributed by atoms with E-state index in [2.05, 4.69) is 4.90 Å². The minimum atomic E-state index is -0.171. The first-order valence-electron chi connectivity index (χ1n) is 7.13. The molecule has 0 amide bonds. The van der Waals surface area contributed by atoms with Crippen LogP contribution in [0.2, 0.25) is 0 Å². The standard InChI is InChI=1S/C15H23NO4/c1-18-14-4-3-13(12-17)11-15(14)20-8-2-5-16-6-9-19-10-7-16/h3-4,11-12,14-15H,2,5-10H2,1H3. The Morgan fingerprint density at radius 1 is 1.40 bits per heavy atom. The maximum absolute atomic E-state index is 10.8. The van der Waals surface area contributed by atoms with Crippen LogP contribution >= 0.6 is 0 Å². The lowest BCUT2D eigenvalue weighted by molar-refractivity contribution is -0.104. The van der Waals surface area contributed by atoms with Crippen LogP contribution in [0.1, 0.15) is 6.42 Å². The summed E-state index contributed by atoms with van der Waals surface area (Å²) in [5.74, 6) is 0. The predicted octanol–water partition coefficient (Wildman–Crippen LogP) is 0.804. The molecule has 0 aromatic rings. The highest BCUT2D eigenvalue weighted by Gasteiger charge is 2.21. The fourth-order valence-electron chi connectivity index (χ4n) is 2.42. The molecule has 5 nitrogen and oxygen atoms in total. The van der Waals surface area contributed by atoms with Crippen molar-refractivity contribution in [3.63, 3.8) is 0 Å². The van der Waals surface area contributed by atoms with Crippen LogP contribution in [-0.4, -0.2) is 70.0 Å². The summed E-state index contributed by atoms with van der Waals surface area (Å²) in [6, 6.07) is 0. The van der Waals surface area contributed by atoms with Crippen LogP contribution in [0.25, 0.3) is 0 Å². The number of methoxy groups -OCH3 is 1. The minimum absolute atomic E-state index is 0.109. The summed E-state index contributed by atoms with van der Waals surface area (Å²) in [5.41, 5.74) is 0.650. The van der Waals surface area contributed by atoms with Gasteiger partial charge in [-0.3, -0.25) is 9.69 Å². The van der Waals surface area contributed by atoms with Gasteiger partial charge in [0.15, 0.2) is 0 Å². The third-order valence-electron chi connectivity index (χ3n) is 3.60. The summed E-state index contributed by atoms with van der Waals surface area (Å²) in [6.07, 6.45) is 7.01. The van der Waals surface area contributed by atoms with Crippen molar-refractivity contribution in [3.8, 4) is 0 Å². The Morgan fingerprint density at radius 3 is 2.90 bits per heavy atom.